The average molecular weight is 375 g/mol. The summed E-state index contributed by atoms with van der Waals surface area (Å²) >= 11 is 0. The van der Waals surface area contributed by atoms with Crippen LogP contribution in [0.2, 0.25) is 18.1 Å². The smallest absolute Gasteiger partial charge is 0.378 e. The molecular formula is C17H22BNO6Si. The van der Waals surface area contributed by atoms with Crippen molar-refractivity contribution in [2.24, 2.45) is 0 Å². The summed E-state index contributed by atoms with van der Waals surface area (Å²) in [6, 6.07) is 6.31. The molecule has 0 saturated heterocycles. The fraction of sp³-hybridized carbons (Fsp3) is 0.471. The van der Waals surface area contributed by atoms with Crippen LogP contribution in [0.1, 0.15) is 41.5 Å². The second kappa shape index (κ2) is 7.34. The number of hydrogen-bond acceptors (Lipinski definition) is 6. The van der Waals surface area contributed by atoms with Crippen molar-refractivity contribution < 1.29 is 28.3 Å². The zero-order valence-electron chi connectivity index (χ0n) is 15.6. The van der Waals surface area contributed by atoms with E-state index in [1.54, 1.807) is 12.1 Å². The van der Waals surface area contributed by atoms with Crippen LogP contribution < -0.4 is 0 Å². The first-order valence-corrected chi connectivity index (χ1v) is 11.1. The van der Waals surface area contributed by atoms with Gasteiger partial charge in [-0.15, -0.1) is 5.06 Å². The van der Waals surface area contributed by atoms with Crippen molar-refractivity contribution in [3.05, 3.63) is 35.4 Å². The van der Waals surface area contributed by atoms with E-state index in [-0.39, 0.29) is 22.8 Å². The number of nitrogens with zero attached hydrogens (tertiary/aromatic N) is 1. The van der Waals surface area contributed by atoms with E-state index in [0.29, 0.717) is 5.06 Å². The van der Waals surface area contributed by atoms with Crippen molar-refractivity contribution >= 4 is 34.2 Å². The highest BCUT2D eigenvalue weighted by Gasteiger charge is 2.42. The third kappa shape index (κ3) is 3.89. The standard InChI is InChI=1S/C17H22BNO6Si/c1-17(2,3)26(4,5)23-10-13(16(22)24-18)25-19-14(20)11-8-6-7-9-12(11)15(19)21/h6-9,13H,10H2,1-5H3/t13-/m0/s1. The second-order valence-electron chi connectivity index (χ2n) is 7.55. The number of rotatable bonds is 6. The minimum absolute atomic E-state index is 0.0975. The van der Waals surface area contributed by atoms with Gasteiger partial charge in [0.25, 0.3) is 11.8 Å². The van der Waals surface area contributed by atoms with Crippen LogP contribution in [0.5, 0.6) is 0 Å². The Labute approximate surface area is 155 Å². The van der Waals surface area contributed by atoms with Gasteiger partial charge in [-0.3, -0.25) is 14.4 Å². The molecule has 1 heterocycles. The van der Waals surface area contributed by atoms with Gasteiger partial charge in [0.2, 0.25) is 6.10 Å². The van der Waals surface area contributed by atoms with Crippen molar-refractivity contribution in [1.29, 1.82) is 0 Å². The highest BCUT2D eigenvalue weighted by atomic mass is 28.4. The maximum atomic E-state index is 12.4. The van der Waals surface area contributed by atoms with E-state index in [9.17, 15) is 14.4 Å². The van der Waals surface area contributed by atoms with Crippen molar-refractivity contribution in [1.82, 2.24) is 5.06 Å². The SMILES string of the molecule is [B]OC(=O)[C@H](CO[Si](C)(C)C(C)(C)C)ON1C(=O)c2ccccc2C1=O. The number of hydrogen-bond donors (Lipinski definition) is 0. The molecule has 0 aromatic heterocycles. The van der Waals surface area contributed by atoms with Gasteiger partial charge in [-0.1, -0.05) is 32.9 Å². The molecule has 0 fully saturated rings. The topological polar surface area (TPSA) is 82.1 Å². The number of carbonyl (C=O) groups is 3. The molecule has 2 rings (SSSR count). The Kier molecular flexibility index (Phi) is 5.74. The Balaban J connectivity index is 2.16. The summed E-state index contributed by atoms with van der Waals surface area (Å²) in [5.74, 6) is -2.22. The molecule has 0 bridgehead atoms. The first-order valence-electron chi connectivity index (χ1n) is 8.18. The molecule has 0 saturated carbocycles. The maximum absolute atomic E-state index is 12.4. The van der Waals surface area contributed by atoms with E-state index in [0.717, 1.165) is 0 Å². The quantitative estimate of drug-likeness (QED) is 0.560. The Morgan fingerprint density at radius 2 is 1.65 bits per heavy atom. The Morgan fingerprint density at radius 3 is 2.08 bits per heavy atom. The van der Waals surface area contributed by atoms with Gasteiger partial charge >= 0.3 is 14.0 Å². The van der Waals surface area contributed by atoms with Crippen molar-refractivity contribution in [3.8, 4) is 0 Å². The molecule has 1 atom stereocenters. The maximum Gasteiger partial charge on any atom is 0.378 e. The lowest BCUT2D eigenvalue weighted by Crippen LogP contribution is -2.47. The fourth-order valence-electron chi connectivity index (χ4n) is 2.11. The molecule has 2 radical (unpaired) electrons. The third-order valence-electron chi connectivity index (χ3n) is 4.77. The van der Waals surface area contributed by atoms with Gasteiger partial charge in [0.1, 0.15) is 0 Å². The number of benzene rings is 1. The second-order valence-corrected chi connectivity index (χ2v) is 12.4. The van der Waals surface area contributed by atoms with Gasteiger partial charge in [-0.05, 0) is 30.3 Å². The van der Waals surface area contributed by atoms with Gasteiger partial charge in [-0.25, -0.2) is 4.84 Å². The number of imide groups is 1. The Bertz CT molecular complexity index is 695. The molecule has 138 valence electrons. The summed E-state index contributed by atoms with van der Waals surface area (Å²) in [4.78, 5) is 42.1. The van der Waals surface area contributed by atoms with Gasteiger partial charge in [-0.2, -0.15) is 0 Å². The molecule has 1 aliphatic heterocycles. The van der Waals surface area contributed by atoms with Gasteiger partial charge in [0.15, 0.2) is 8.32 Å². The number of hydroxylamine groups is 2. The van der Waals surface area contributed by atoms with Crippen LogP contribution in [-0.2, 0) is 18.7 Å². The molecule has 0 N–H and O–H groups in total. The van der Waals surface area contributed by atoms with Crippen LogP contribution >= 0.6 is 0 Å². The Hall–Kier alpha value is -1.97. The van der Waals surface area contributed by atoms with E-state index < -0.39 is 32.2 Å². The van der Waals surface area contributed by atoms with Crippen LogP contribution in [0.4, 0.5) is 0 Å². The molecule has 26 heavy (non-hydrogen) atoms. The number of carbonyl (C=O) groups excluding carboxylic acids is 3. The van der Waals surface area contributed by atoms with Crippen LogP contribution in [0.25, 0.3) is 0 Å². The number of amides is 2. The van der Waals surface area contributed by atoms with Gasteiger partial charge in [0.05, 0.1) is 17.7 Å². The van der Waals surface area contributed by atoms with Crippen LogP contribution in [-0.4, -0.2) is 51.9 Å². The van der Waals surface area contributed by atoms with E-state index in [1.165, 1.54) is 12.1 Å². The summed E-state index contributed by atoms with van der Waals surface area (Å²) in [6.45, 7) is 9.95. The molecule has 7 nitrogen and oxygen atoms in total. The van der Waals surface area contributed by atoms with Crippen molar-refractivity contribution in [2.45, 2.75) is 45.0 Å². The third-order valence-corrected chi connectivity index (χ3v) is 9.27. The lowest BCUT2D eigenvalue weighted by atomic mass is 10.1. The average Bonchev–Trinajstić information content (AvgIpc) is 2.81. The van der Waals surface area contributed by atoms with Crippen molar-refractivity contribution in [3.63, 3.8) is 0 Å². The van der Waals surface area contributed by atoms with Crippen LogP contribution in [0.15, 0.2) is 24.3 Å². The zero-order chi connectivity index (χ0) is 19.7. The predicted molar refractivity (Wildman–Crippen MR) is 96.8 cm³/mol. The monoisotopic (exact) mass is 375 g/mol. The summed E-state index contributed by atoms with van der Waals surface area (Å²) in [6.07, 6.45) is -1.34. The molecule has 1 aromatic carbocycles. The largest absolute Gasteiger partial charge is 0.541 e. The normalized spacial score (nSPS) is 15.8. The molecule has 0 spiro atoms. The first kappa shape index (κ1) is 20.3. The summed E-state index contributed by atoms with van der Waals surface area (Å²) in [5.41, 5.74) is 0.422. The molecular weight excluding hydrogens is 353 g/mol. The summed E-state index contributed by atoms with van der Waals surface area (Å²) in [5, 5.41) is 0.459. The predicted octanol–water partition coefficient (Wildman–Crippen LogP) is 2.23. The lowest BCUT2D eigenvalue weighted by molar-refractivity contribution is -0.176. The van der Waals surface area contributed by atoms with Crippen LogP contribution in [0.3, 0.4) is 0 Å². The molecule has 9 heteroatoms. The zero-order valence-corrected chi connectivity index (χ0v) is 16.6. The molecule has 1 aromatic rings. The lowest BCUT2D eigenvalue weighted by Gasteiger charge is -2.37. The molecule has 0 unspecified atom stereocenters. The van der Waals surface area contributed by atoms with E-state index in [2.05, 4.69) is 4.65 Å². The molecule has 2 amide bonds. The fourth-order valence-corrected chi connectivity index (χ4v) is 3.11. The van der Waals surface area contributed by atoms with Gasteiger partial charge < -0.3 is 9.08 Å². The van der Waals surface area contributed by atoms with E-state index in [4.69, 9.17) is 17.3 Å². The van der Waals surface area contributed by atoms with E-state index >= 15 is 0 Å². The summed E-state index contributed by atoms with van der Waals surface area (Å²) < 4.78 is 10.2. The molecule has 1 aliphatic rings. The van der Waals surface area contributed by atoms with E-state index in [1.807, 2.05) is 33.9 Å². The first-order chi connectivity index (χ1) is 12.0. The summed E-state index contributed by atoms with van der Waals surface area (Å²) in [7, 11) is 2.77. The Morgan fingerprint density at radius 1 is 1.15 bits per heavy atom. The molecule has 0 aliphatic carbocycles. The minimum Gasteiger partial charge on any atom is -0.541 e. The van der Waals surface area contributed by atoms with Crippen LogP contribution in [0, 0.1) is 0 Å². The number of fused-ring (bicyclic) bond motifs is 1. The highest BCUT2D eigenvalue weighted by Crippen LogP contribution is 2.36. The van der Waals surface area contributed by atoms with Crippen molar-refractivity contribution in [2.75, 3.05) is 6.61 Å². The van der Waals surface area contributed by atoms with Gasteiger partial charge in [0, 0.05) is 0 Å². The highest BCUT2D eigenvalue weighted by molar-refractivity contribution is 6.74. The minimum atomic E-state index is -2.20.